The Morgan fingerprint density at radius 3 is 3.00 bits per heavy atom. The highest BCUT2D eigenvalue weighted by Gasteiger charge is 1.95. The molecule has 1 aromatic heterocycles. The van der Waals surface area contributed by atoms with Crippen LogP contribution >= 0.6 is 0 Å². The molecule has 0 saturated heterocycles. The second-order valence-electron chi connectivity index (χ2n) is 1.98. The molecule has 11 heavy (non-hydrogen) atoms. The molecule has 0 aliphatic carbocycles. The Morgan fingerprint density at radius 1 is 1.73 bits per heavy atom. The topological polar surface area (TPSA) is 58.7 Å². The number of hydrogen-bond acceptors (Lipinski definition) is 3. The largest absolute Gasteiger partial charge is 0.268 e. The van der Waals surface area contributed by atoms with Crippen LogP contribution in [0, 0.1) is 11.3 Å². The molecule has 0 atom stereocenters. The Kier molecular flexibility index (Phi) is 2.02. The van der Waals surface area contributed by atoms with Crippen LogP contribution in [-0.2, 0) is 6.54 Å². The molecule has 0 saturated carbocycles. The summed E-state index contributed by atoms with van der Waals surface area (Å²) >= 11 is 0. The van der Waals surface area contributed by atoms with E-state index in [-0.39, 0.29) is 11.3 Å². The van der Waals surface area contributed by atoms with Gasteiger partial charge in [-0.3, -0.25) is 4.79 Å². The highest BCUT2D eigenvalue weighted by atomic mass is 16.1. The maximum atomic E-state index is 10.9. The lowest BCUT2D eigenvalue weighted by Gasteiger charge is -1.97. The molecule has 56 valence electrons. The van der Waals surface area contributed by atoms with Crippen molar-refractivity contribution in [1.82, 2.24) is 9.78 Å². The van der Waals surface area contributed by atoms with Crippen LogP contribution < -0.4 is 5.56 Å². The summed E-state index contributed by atoms with van der Waals surface area (Å²) in [5.74, 6) is 0. The van der Waals surface area contributed by atoms with Gasteiger partial charge < -0.3 is 0 Å². The molecule has 1 heterocycles. The van der Waals surface area contributed by atoms with Crippen LogP contribution in [0.3, 0.4) is 0 Å². The van der Waals surface area contributed by atoms with Crippen molar-refractivity contribution in [2.75, 3.05) is 0 Å². The van der Waals surface area contributed by atoms with E-state index < -0.39 is 0 Å². The van der Waals surface area contributed by atoms with Gasteiger partial charge in [-0.25, -0.2) is 4.68 Å². The summed E-state index contributed by atoms with van der Waals surface area (Å²) in [5, 5.41) is 12.2. The molecule has 0 N–H and O–H groups in total. The first kappa shape index (κ1) is 7.48. The van der Waals surface area contributed by atoms with Crippen molar-refractivity contribution < 1.29 is 0 Å². The molecular weight excluding hydrogens is 142 g/mol. The van der Waals surface area contributed by atoms with E-state index in [0.717, 1.165) is 0 Å². The van der Waals surface area contributed by atoms with Crippen molar-refractivity contribution in [3.8, 4) is 6.07 Å². The van der Waals surface area contributed by atoms with Gasteiger partial charge >= 0.3 is 0 Å². The fraction of sp³-hybridized carbons (Fsp3) is 0.286. The van der Waals surface area contributed by atoms with E-state index >= 15 is 0 Å². The SMILES string of the molecule is CCn1nc(C#N)ccc1=O. The zero-order valence-electron chi connectivity index (χ0n) is 6.11. The maximum absolute atomic E-state index is 10.9. The normalized spacial score (nSPS) is 9.09. The summed E-state index contributed by atoms with van der Waals surface area (Å²) in [6, 6.07) is 4.61. The van der Waals surface area contributed by atoms with Gasteiger partial charge in [0.1, 0.15) is 6.07 Å². The lowest BCUT2D eigenvalue weighted by Crippen LogP contribution is -2.21. The summed E-state index contributed by atoms with van der Waals surface area (Å²) in [5.41, 5.74) is 0.0953. The highest BCUT2D eigenvalue weighted by molar-refractivity contribution is 5.16. The molecule has 0 aromatic carbocycles. The summed E-state index contributed by atoms with van der Waals surface area (Å²) in [4.78, 5) is 10.9. The Labute approximate surface area is 63.7 Å². The molecule has 0 spiro atoms. The Morgan fingerprint density at radius 2 is 2.45 bits per heavy atom. The van der Waals surface area contributed by atoms with E-state index in [2.05, 4.69) is 5.10 Å². The zero-order valence-corrected chi connectivity index (χ0v) is 6.11. The third-order valence-electron chi connectivity index (χ3n) is 1.28. The highest BCUT2D eigenvalue weighted by Crippen LogP contribution is 1.85. The maximum Gasteiger partial charge on any atom is 0.266 e. The van der Waals surface area contributed by atoms with Crippen molar-refractivity contribution in [3.63, 3.8) is 0 Å². The molecule has 0 radical (unpaired) electrons. The molecule has 4 heteroatoms. The number of aromatic nitrogens is 2. The third kappa shape index (κ3) is 1.44. The van der Waals surface area contributed by atoms with Crippen LogP contribution in [-0.4, -0.2) is 9.78 Å². The average Bonchev–Trinajstić information content (AvgIpc) is 2.05. The van der Waals surface area contributed by atoms with E-state index in [9.17, 15) is 4.79 Å². The van der Waals surface area contributed by atoms with Gasteiger partial charge in [-0.15, -0.1) is 0 Å². The Bertz CT molecular complexity index is 347. The van der Waals surface area contributed by atoms with E-state index in [1.807, 2.05) is 6.07 Å². The molecule has 4 nitrogen and oxygen atoms in total. The van der Waals surface area contributed by atoms with Gasteiger partial charge in [-0.2, -0.15) is 10.4 Å². The Hall–Kier alpha value is -1.63. The van der Waals surface area contributed by atoms with Crippen LogP contribution in [0.2, 0.25) is 0 Å². The minimum atomic E-state index is -0.175. The fourth-order valence-corrected chi connectivity index (χ4v) is 0.735. The van der Waals surface area contributed by atoms with E-state index in [0.29, 0.717) is 6.54 Å². The van der Waals surface area contributed by atoms with Gasteiger partial charge in [0, 0.05) is 12.6 Å². The molecule has 0 bridgehead atoms. The molecule has 0 fully saturated rings. The summed E-state index contributed by atoms with van der Waals surface area (Å²) < 4.78 is 1.25. The van der Waals surface area contributed by atoms with Gasteiger partial charge in [0.15, 0.2) is 5.69 Å². The minimum absolute atomic E-state index is 0.175. The second kappa shape index (κ2) is 2.97. The van der Waals surface area contributed by atoms with Gasteiger partial charge in [0.05, 0.1) is 0 Å². The predicted octanol–water partition coefficient (Wildman–Crippen LogP) is 0.135. The van der Waals surface area contributed by atoms with Gasteiger partial charge in [-0.05, 0) is 13.0 Å². The van der Waals surface area contributed by atoms with Crippen LogP contribution in [0.5, 0.6) is 0 Å². The van der Waals surface area contributed by atoms with Gasteiger partial charge in [0.2, 0.25) is 0 Å². The number of rotatable bonds is 1. The summed E-state index contributed by atoms with van der Waals surface area (Å²) in [7, 11) is 0. The van der Waals surface area contributed by atoms with Crippen molar-refractivity contribution in [1.29, 1.82) is 5.26 Å². The van der Waals surface area contributed by atoms with Crippen LogP contribution in [0.25, 0.3) is 0 Å². The number of aryl methyl sites for hydroxylation is 1. The first-order valence-electron chi connectivity index (χ1n) is 3.26. The monoisotopic (exact) mass is 149 g/mol. The zero-order chi connectivity index (χ0) is 8.27. The first-order valence-corrected chi connectivity index (χ1v) is 3.26. The van der Waals surface area contributed by atoms with Gasteiger partial charge in [-0.1, -0.05) is 0 Å². The van der Waals surface area contributed by atoms with Gasteiger partial charge in [0.25, 0.3) is 5.56 Å². The quantitative estimate of drug-likeness (QED) is 0.570. The lowest BCUT2D eigenvalue weighted by atomic mass is 10.4. The van der Waals surface area contributed by atoms with Crippen molar-refractivity contribution in [2.45, 2.75) is 13.5 Å². The van der Waals surface area contributed by atoms with E-state index in [1.54, 1.807) is 6.92 Å². The molecule has 1 rings (SSSR count). The second-order valence-corrected chi connectivity index (χ2v) is 1.98. The predicted molar refractivity (Wildman–Crippen MR) is 38.9 cm³/mol. The van der Waals surface area contributed by atoms with E-state index in [1.165, 1.54) is 16.8 Å². The molecular formula is C7H7N3O. The average molecular weight is 149 g/mol. The van der Waals surface area contributed by atoms with Crippen LogP contribution in [0.15, 0.2) is 16.9 Å². The smallest absolute Gasteiger partial charge is 0.266 e. The molecule has 0 amide bonds. The summed E-state index contributed by atoms with van der Waals surface area (Å²) in [6.45, 7) is 2.30. The Balaban J connectivity index is 3.26. The lowest BCUT2D eigenvalue weighted by molar-refractivity contribution is 0.611. The van der Waals surface area contributed by atoms with Crippen LogP contribution in [0.1, 0.15) is 12.6 Å². The molecule has 0 aliphatic rings. The molecule has 1 aromatic rings. The van der Waals surface area contributed by atoms with Crippen LogP contribution in [0.4, 0.5) is 0 Å². The van der Waals surface area contributed by atoms with E-state index in [4.69, 9.17) is 5.26 Å². The molecule has 0 aliphatic heterocycles. The fourth-order valence-electron chi connectivity index (χ4n) is 0.735. The number of nitrogens with zero attached hydrogens (tertiary/aromatic N) is 3. The standard InChI is InChI=1S/C7H7N3O/c1-2-10-7(11)4-3-6(5-8)9-10/h3-4H,2H2,1H3. The first-order chi connectivity index (χ1) is 5.27. The van der Waals surface area contributed by atoms with Crippen molar-refractivity contribution >= 4 is 0 Å². The molecule has 0 unspecified atom stereocenters. The summed E-state index contributed by atoms with van der Waals surface area (Å²) in [6.07, 6.45) is 0. The van der Waals surface area contributed by atoms with Crippen molar-refractivity contribution in [3.05, 3.63) is 28.2 Å². The number of nitriles is 1. The number of hydrogen-bond donors (Lipinski definition) is 0. The minimum Gasteiger partial charge on any atom is -0.268 e. The third-order valence-corrected chi connectivity index (χ3v) is 1.28. The van der Waals surface area contributed by atoms with Crippen molar-refractivity contribution in [2.24, 2.45) is 0 Å².